The van der Waals surface area contributed by atoms with Crippen molar-refractivity contribution in [2.75, 3.05) is 0 Å². The molecule has 0 bridgehead atoms. The van der Waals surface area contributed by atoms with Crippen LogP contribution in [0.1, 0.15) is 51.6 Å². The van der Waals surface area contributed by atoms with Gasteiger partial charge in [0.2, 0.25) is 0 Å². The summed E-state index contributed by atoms with van der Waals surface area (Å²) in [5.74, 6) is 1.38. The Balaban J connectivity index is 2.00. The summed E-state index contributed by atoms with van der Waals surface area (Å²) in [5, 5.41) is 3.68. The molecule has 0 spiro atoms. The average molecular weight is 249 g/mol. The molecule has 1 N–H and O–H groups in total. The van der Waals surface area contributed by atoms with E-state index in [0.717, 1.165) is 17.4 Å². The molecule has 0 heterocycles. The van der Waals surface area contributed by atoms with Crippen molar-refractivity contribution in [2.45, 2.75) is 52.1 Å². The van der Waals surface area contributed by atoms with Crippen molar-refractivity contribution >= 4 is 0 Å². The highest BCUT2D eigenvalue weighted by molar-refractivity contribution is 5.19. The zero-order chi connectivity index (χ0) is 13.1. The number of rotatable bonds is 3. The summed E-state index contributed by atoms with van der Waals surface area (Å²) in [7, 11) is 0. The van der Waals surface area contributed by atoms with E-state index in [0.29, 0.717) is 6.04 Å². The summed E-state index contributed by atoms with van der Waals surface area (Å²) in [6, 6.07) is 7.70. The van der Waals surface area contributed by atoms with Crippen LogP contribution in [0.15, 0.2) is 24.3 Å². The molecule has 0 amide bonds. The lowest BCUT2D eigenvalue weighted by atomic mass is 9.79. The van der Waals surface area contributed by atoms with E-state index < -0.39 is 0 Å². The van der Waals surface area contributed by atoms with Crippen LogP contribution < -0.4 is 5.32 Å². The van der Waals surface area contributed by atoms with Crippen LogP contribution in [0.3, 0.4) is 0 Å². The van der Waals surface area contributed by atoms with E-state index in [1.165, 1.54) is 25.3 Å². The van der Waals surface area contributed by atoms with Crippen LogP contribution in [0.4, 0.5) is 4.39 Å². The Morgan fingerprint density at radius 3 is 2.78 bits per heavy atom. The molecule has 1 aromatic rings. The Hall–Kier alpha value is -0.890. The highest BCUT2D eigenvalue weighted by atomic mass is 19.1. The quantitative estimate of drug-likeness (QED) is 0.842. The molecule has 4 atom stereocenters. The van der Waals surface area contributed by atoms with Crippen molar-refractivity contribution < 1.29 is 4.39 Å². The van der Waals surface area contributed by atoms with E-state index in [-0.39, 0.29) is 11.9 Å². The first-order chi connectivity index (χ1) is 8.56. The third-order valence-corrected chi connectivity index (χ3v) is 4.27. The van der Waals surface area contributed by atoms with Crippen molar-refractivity contribution in [3.8, 4) is 0 Å². The average Bonchev–Trinajstić information content (AvgIpc) is 2.34. The van der Waals surface area contributed by atoms with Crippen molar-refractivity contribution in [3.05, 3.63) is 35.6 Å². The van der Waals surface area contributed by atoms with Crippen LogP contribution in [0.2, 0.25) is 0 Å². The molecule has 1 saturated carbocycles. The minimum absolute atomic E-state index is 0.147. The lowest BCUT2D eigenvalue weighted by Crippen LogP contribution is -2.40. The van der Waals surface area contributed by atoms with Gasteiger partial charge >= 0.3 is 0 Å². The highest BCUT2D eigenvalue weighted by Crippen LogP contribution is 2.30. The molecule has 0 aliphatic heterocycles. The van der Waals surface area contributed by atoms with Crippen LogP contribution in [0.5, 0.6) is 0 Å². The van der Waals surface area contributed by atoms with Gasteiger partial charge in [0.05, 0.1) is 0 Å². The second-order valence-electron chi connectivity index (χ2n) is 5.95. The SMILES string of the molecule is CC1CCC(C)C(N[C@@H](C)c2cccc(F)c2)C1. The summed E-state index contributed by atoms with van der Waals surface area (Å²) >= 11 is 0. The topological polar surface area (TPSA) is 12.0 Å². The van der Waals surface area contributed by atoms with Crippen molar-refractivity contribution in [1.29, 1.82) is 0 Å². The van der Waals surface area contributed by atoms with E-state index in [9.17, 15) is 4.39 Å². The molecule has 1 aromatic carbocycles. The van der Waals surface area contributed by atoms with Gasteiger partial charge in [-0.3, -0.25) is 0 Å². The third kappa shape index (κ3) is 3.32. The summed E-state index contributed by atoms with van der Waals surface area (Å²) in [5.41, 5.74) is 1.04. The first-order valence-electron chi connectivity index (χ1n) is 7.07. The summed E-state index contributed by atoms with van der Waals surface area (Å²) in [4.78, 5) is 0. The van der Waals surface area contributed by atoms with Gasteiger partial charge in [0, 0.05) is 12.1 Å². The van der Waals surface area contributed by atoms with Gasteiger partial charge in [-0.1, -0.05) is 32.4 Å². The highest BCUT2D eigenvalue weighted by Gasteiger charge is 2.26. The molecule has 1 aliphatic rings. The molecule has 100 valence electrons. The maximum absolute atomic E-state index is 13.2. The monoisotopic (exact) mass is 249 g/mol. The molecule has 0 aromatic heterocycles. The molecule has 1 aliphatic carbocycles. The third-order valence-electron chi connectivity index (χ3n) is 4.27. The van der Waals surface area contributed by atoms with Gasteiger partial charge in [-0.15, -0.1) is 0 Å². The van der Waals surface area contributed by atoms with Crippen LogP contribution in [0, 0.1) is 17.7 Å². The minimum Gasteiger partial charge on any atom is -0.307 e. The molecule has 3 unspecified atom stereocenters. The van der Waals surface area contributed by atoms with E-state index >= 15 is 0 Å². The Bertz CT molecular complexity index is 390. The summed E-state index contributed by atoms with van der Waals surface area (Å²) < 4.78 is 13.2. The molecular formula is C16H24FN. The predicted molar refractivity (Wildman–Crippen MR) is 73.9 cm³/mol. The van der Waals surface area contributed by atoms with Gasteiger partial charge in [0.25, 0.3) is 0 Å². The van der Waals surface area contributed by atoms with E-state index in [4.69, 9.17) is 0 Å². The summed E-state index contributed by atoms with van der Waals surface area (Å²) in [6.07, 6.45) is 3.88. The van der Waals surface area contributed by atoms with Gasteiger partial charge < -0.3 is 5.32 Å². The maximum Gasteiger partial charge on any atom is 0.123 e. The molecule has 2 heteroatoms. The van der Waals surface area contributed by atoms with Crippen LogP contribution in [-0.2, 0) is 0 Å². The Kier molecular flexibility index (Phi) is 4.39. The van der Waals surface area contributed by atoms with Gasteiger partial charge in [-0.05, 0) is 49.3 Å². The van der Waals surface area contributed by atoms with E-state index in [1.807, 2.05) is 6.07 Å². The normalized spacial score (nSPS) is 30.1. The Morgan fingerprint density at radius 1 is 1.28 bits per heavy atom. The van der Waals surface area contributed by atoms with Crippen LogP contribution >= 0.6 is 0 Å². The standard InChI is InChI=1S/C16H24FN/c1-11-7-8-12(2)16(9-11)18-13(3)14-5-4-6-15(17)10-14/h4-6,10-13,16,18H,7-9H2,1-3H3/t11?,12?,13-,16?/m0/s1. The minimum atomic E-state index is -0.147. The van der Waals surface area contributed by atoms with Gasteiger partial charge in [-0.25, -0.2) is 4.39 Å². The molecule has 1 nitrogen and oxygen atoms in total. The maximum atomic E-state index is 13.2. The fourth-order valence-corrected chi connectivity index (χ4v) is 2.96. The number of benzene rings is 1. The molecule has 2 rings (SSSR count). The Morgan fingerprint density at radius 2 is 2.06 bits per heavy atom. The zero-order valence-corrected chi connectivity index (χ0v) is 11.6. The van der Waals surface area contributed by atoms with Crippen molar-refractivity contribution in [3.63, 3.8) is 0 Å². The lowest BCUT2D eigenvalue weighted by molar-refractivity contribution is 0.216. The van der Waals surface area contributed by atoms with Gasteiger partial charge in [-0.2, -0.15) is 0 Å². The smallest absolute Gasteiger partial charge is 0.123 e. The molecule has 18 heavy (non-hydrogen) atoms. The molecular weight excluding hydrogens is 225 g/mol. The number of hydrogen-bond donors (Lipinski definition) is 1. The number of nitrogens with one attached hydrogen (secondary N) is 1. The molecule has 1 fully saturated rings. The Labute approximate surface area is 110 Å². The molecule has 0 saturated heterocycles. The second-order valence-corrected chi connectivity index (χ2v) is 5.95. The number of halogens is 1. The fourth-order valence-electron chi connectivity index (χ4n) is 2.96. The second kappa shape index (κ2) is 5.83. The largest absolute Gasteiger partial charge is 0.307 e. The fraction of sp³-hybridized carbons (Fsp3) is 0.625. The van der Waals surface area contributed by atoms with E-state index in [1.54, 1.807) is 12.1 Å². The predicted octanol–water partition coefficient (Wildman–Crippen LogP) is 4.30. The van der Waals surface area contributed by atoms with Gasteiger partial charge in [0.15, 0.2) is 0 Å². The van der Waals surface area contributed by atoms with Crippen molar-refractivity contribution in [1.82, 2.24) is 5.32 Å². The van der Waals surface area contributed by atoms with Crippen LogP contribution in [0.25, 0.3) is 0 Å². The number of hydrogen-bond acceptors (Lipinski definition) is 1. The first kappa shape index (κ1) is 13.5. The first-order valence-corrected chi connectivity index (χ1v) is 7.07. The summed E-state index contributed by atoms with van der Waals surface area (Å²) in [6.45, 7) is 6.77. The van der Waals surface area contributed by atoms with E-state index in [2.05, 4.69) is 26.1 Å². The zero-order valence-electron chi connectivity index (χ0n) is 11.6. The van der Waals surface area contributed by atoms with Crippen molar-refractivity contribution in [2.24, 2.45) is 11.8 Å². The van der Waals surface area contributed by atoms with Crippen LogP contribution in [-0.4, -0.2) is 6.04 Å². The lowest BCUT2D eigenvalue weighted by Gasteiger charge is -2.35. The molecule has 0 radical (unpaired) electrons. The van der Waals surface area contributed by atoms with Gasteiger partial charge in [0.1, 0.15) is 5.82 Å².